The average Bonchev–Trinajstić information content (AvgIpc) is 3.07. The molecule has 1 atom stereocenters. The molecule has 1 amide bonds. The first-order valence-corrected chi connectivity index (χ1v) is 6.53. The second kappa shape index (κ2) is 6.13. The first-order chi connectivity index (χ1) is 9.22. The predicted octanol–water partition coefficient (Wildman–Crippen LogP) is 0.667. The molecule has 0 aromatic carbocycles. The van der Waals surface area contributed by atoms with E-state index in [0.717, 1.165) is 0 Å². The van der Waals surface area contributed by atoms with Crippen molar-refractivity contribution in [2.75, 3.05) is 6.54 Å². The van der Waals surface area contributed by atoms with Gasteiger partial charge < -0.3 is 11.1 Å². The van der Waals surface area contributed by atoms with Crippen LogP contribution in [-0.4, -0.2) is 27.6 Å². The van der Waals surface area contributed by atoms with Crippen LogP contribution in [0.5, 0.6) is 0 Å². The highest BCUT2D eigenvalue weighted by Gasteiger charge is 2.16. The number of aromatic amines is 1. The summed E-state index contributed by atoms with van der Waals surface area (Å²) in [6.45, 7) is 2.10. The van der Waals surface area contributed by atoms with E-state index < -0.39 is 0 Å². The summed E-state index contributed by atoms with van der Waals surface area (Å²) in [5.41, 5.74) is 6.02. The zero-order valence-electron chi connectivity index (χ0n) is 10.3. The average molecular weight is 275 g/mol. The Kier molecular flexibility index (Phi) is 4.28. The summed E-state index contributed by atoms with van der Waals surface area (Å²) < 4.78 is 0. The number of nitrogens with zero attached hydrogens (tertiary/aromatic N) is 2. The largest absolute Gasteiger partial charge is 0.342 e. The van der Waals surface area contributed by atoms with E-state index in [1.165, 1.54) is 17.7 Å². The van der Waals surface area contributed by atoms with Crippen LogP contribution in [0, 0.1) is 11.8 Å². The monoisotopic (exact) mass is 275 g/mol. The van der Waals surface area contributed by atoms with E-state index in [4.69, 9.17) is 5.73 Å². The zero-order valence-corrected chi connectivity index (χ0v) is 11.1. The number of aromatic nitrogens is 3. The van der Waals surface area contributed by atoms with Crippen molar-refractivity contribution in [3.63, 3.8) is 0 Å². The number of rotatable bonds is 3. The van der Waals surface area contributed by atoms with Gasteiger partial charge in [0.2, 0.25) is 0 Å². The van der Waals surface area contributed by atoms with Crippen molar-refractivity contribution in [2.45, 2.75) is 13.0 Å². The minimum absolute atomic E-state index is 0.180. The molecule has 19 heavy (non-hydrogen) atoms. The smallest absolute Gasteiger partial charge is 0.263 e. The third-order valence-corrected chi connectivity index (χ3v) is 3.30. The number of carbonyl (C=O) groups excluding carboxylic acids is 1. The molecule has 2 aromatic heterocycles. The predicted molar refractivity (Wildman–Crippen MR) is 72.5 cm³/mol. The van der Waals surface area contributed by atoms with Crippen LogP contribution in [-0.2, 0) is 0 Å². The third-order valence-electron chi connectivity index (χ3n) is 2.39. The topological polar surface area (TPSA) is 96.7 Å². The quantitative estimate of drug-likeness (QED) is 0.717. The van der Waals surface area contributed by atoms with E-state index >= 15 is 0 Å². The molecule has 0 radical (unpaired) electrons. The molecule has 0 fully saturated rings. The summed E-state index contributed by atoms with van der Waals surface area (Å²) >= 11 is 1.35. The Hall–Kier alpha value is -2.17. The van der Waals surface area contributed by atoms with E-state index in [-0.39, 0.29) is 18.5 Å². The summed E-state index contributed by atoms with van der Waals surface area (Å²) in [7, 11) is 0. The maximum atomic E-state index is 12.1. The molecule has 0 saturated heterocycles. The Morgan fingerprint density at radius 1 is 1.68 bits per heavy atom. The van der Waals surface area contributed by atoms with Crippen molar-refractivity contribution < 1.29 is 4.79 Å². The molecule has 0 spiro atoms. The maximum Gasteiger partial charge on any atom is 0.263 e. The Balaban J connectivity index is 2.10. The van der Waals surface area contributed by atoms with Gasteiger partial charge in [0.05, 0.1) is 12.6 Å². The van der Waals surface area contributed by atoms with Crippen molar-refractivity contribution >= 4 is 17.2 Å². The maximum absolute atomic E-state index is 12.1. The van der Waals surface area contributed by atoms with Gasteiger partial charge in [0.15, 0.2) is 0 Å². The number of amides is 1. The zero-order chi connectivity index (χ0) is 13.7. The molecule has 2 heterocycles. The molecule has 0 bridgehead atoms. The highest BCUT2D eigenvalue weighted by Crippen LogP contribution is 2.17. The Morgan fingerprint density at radius 3 is 3.21 bits per heavy atom. The second-order valence-electron chi connectivity index (χ2n) is 3.74. The van der Waals surface area contributed by atoms with Gasteiger partial charge in [0, 0.05) is 5.56 Å². The molecular weight excluding hydrogens is 262 g/mol. The third kappa shape index (κ3) is 3.19. The van der Waals surface area contributed by atoms with Crippen LogP contribution in [0.4, 0.5) is 0 Å². The van der Waals surface area contributed by atoms with Gasteiger partial charge in [-0.15, -0.1) is 11.3 Å². The summed E-state index contributed by atoms with van der Waals surface area (Å²) in [6.07, 6.45) is 1.40. The van der Waals surface area contributed by atoms with Gasteiger partial charge in [-0.25, -0.2) is 4.98 Å². The van der Waals surface area contributed by atoms with Crippen molar-refractivity contribution in [1.82, 2.24) is 20.5 Å². The highest BCUT2D eigenvalue weighted by molar-refractivity contribution is 7.12. The molecule has 2 rings (SSSR count). The van der Waals surface area contributed by atoms with Gasteiger partial charge in [0.1, 0.15) is 17.0 Å². The summed E-state index contributed by atoms with van der Waals surface area (Å²) in [4.78, 5) is 16.7. The van der Waals surface area contributed by atoms with E-state index in [1.54, 1.807) is 6.07 Å². The lowest BCUT2D eigenvalue weighted by Gasteiger charge is -2.10. The summed E-state index contributed by atoms with van der Waals surface area (Å²) in [6, 6.07) is 1.56. The SMILES string of the molecule is CC(NC(=O)c1sccc1C#CCN)c1ncn[nH]1. The first-order valence-electron chi connectivity index (χ1n) is 5.65. The van der Waals surface area contributed by atoms with Crippen LogP contribution in [0.15, 0.2) is 17.8 Å². The van der Waals surface area contributed by atoms with E-state index in [1.807, 2.05) is 12.3 Å². The van der Waals surface area contributed by atoms with Gasteiger partial charge >= 0.3 is 0 Å². The molecule has 0 aliphatic heterocycles. The fraction of sp³-hybridized carbons (Fsp3) is 0.250. The lowest BCUT2D eigenvalue weighted by atomic mass is 10.2. The van der Waals surface area contributed by atoms with Gasteiger partial charge in [-0.3, -0.25) is 9.89 Å². The standard InChI is InChI=1S/C12H13N5OS/c1-8(11-14-7-15-17-11)16-12(18)10-9(3-2-5-13)4-6-19-10/h4,6-8H,5,13H2,1H3,(H,16,18)(H,14,15,17). The minimum Gasteiger partial charge on any atom is -0.342 e. The van der Waals surface area contributed by atoms with E-state index in [2.05, 4.69) is 32.3 Å². The number of nitrogens with two attached hydrogens (primary N) is 1. The fourth-order valence-electron chi connectivity index (χ4n) is 1.48. The van der Waals surface area contributed by atoms with Crippen LogP contribution in [0.3, 0.4) is 0 Å². The molecule has 7 heteroatoms. The Morgan fingerprint density at radius 2 is 2.53 bits per heavy atom. The van der Waals surface area contributed by atoms with Gasteiger partial charge in [-0.2, -0.15) is 5.10 Å². The van der Waals surface area contributed by atoms with Crippen molar-refractivity contribution in [2.24, 2.45) is 5.73 Å². The Labute approximate surface area is 114 Å². The molecule has 0 aliphatic carbocycles. The summed E-state index contributed by atoms with van der Waals surface area (Å²) in [5.74, 6) is 6.05. The molecule has 6 nitrogen and oxygen atoms in total. The van der Waals surface area contributed by atoms with Crippen LogP contribution >= 0.6 is 11.3 Å². The molecule has 0 aliphatic rings. The fourth-order valence-corrected chi connectivity index (χ4v) is 2.24. The molecular formula is C12H13N5OS. The molecule has 4 N–H and O–H groups in total. The van der Waals surface area contributed by atoms with Gasteiger partial charge in [-0.1, -0.05) is 11.8 Å². The number of hydrogen-bond donors (Lipinski definition) is 3. The van der Waals surface area contributed by atoms with Crippen molar-refractivity contribution in [1.29, 1.82) is 0 Å². The molecule has 1 unspecified atom stereocenters. The van der Waals surface area contributed by atoms with Crippen LogP contribution in [0.1, 0.15) is 34.0 Å². The number of carbonyl (C=O) groups is 1. The lowest BCUT2D eigenvalue weighted by molar-refractivity contribution is 0.0942. The van der Waals surface area contributed by atoms with Crippen LogP contribution in [0.2, 0.25) is 0 Å². The Bertz CT molecular complexity index is 608. The number of hydrogen-bond acceptors (Lipinski definition) is 5. The first kappa shape index (κ1) is 13.3. The van der Waals surface area contributed by atoms with E-state index in [0.29, 0.717) is 16.3 Å². The summed E-state index contributed by atoms with van der Waals surface area (Å²) in [5, 5.41) is 11.1. The second-order valence-corrected chi connectivity index (χ2v) is 4.65. The lowest BCUT2D eigenvalue weighted by Crippen LogP contribution is -2.27. The molecule has 98 valence electrons. The number of thiophene rings is 1. The number of nitrogens with one attached hydrogen (secondary N) is 2. The number of H-pyrrole nitrogens is 1. The molecule has 0 saturated carbocycles. The minimum atomic E-state index is -0.243. The van der Waals surface area contributed by atoms with Crippen LogP contribution in [0.25, 0.3) is 0 Å². The normalized spacial score (nSPS) is 11.5. The van der Waals surface area contributed by atoms with Gasteiger partial charge in [0.25, 0.3) is 5.91 Å². The molecule has 2 aromatic rings. The van der Waals surface area contributed by atoms with Gasteiger partial charge in [-0.05, 0) is 18.4 Å². The van der Waals surface area contributed by atoms with Crippen molar-refractivity contribution in [3.8, 4) is 11.8 Å². The van der Waals surface area contributed by atoms with E-state index in [9.17, 15) is 4.79 Å². The van der Waals surface area contributed by atoms with Crippen LogP contribution < -0.4 is 11.1 Å². The van der Waals surface area contributed by atoms with Crippen molar-refractivity contribution in [3.05, 3.63) is 34.0 Å². The highest BCUT2D eigenvalue weighted by atomic mass is 32.1.